The summed E-state index contributed by atoms with van der Waals surface area (Å²) in [6.45, 7) is 0. The molecule has 1 aromatic heterocycles. The van der Waals surface area contributed by atoms with E-state index < -0.39 is 12.0 Å². The van der Waals surface area contributed by atoms with Crippen LogP contribution in [0.2, 0.25) is 0 Å². The van der Waals surface area contributed by atoms with Gasteiger partial charge in [0.1, 0.15) is 16.2 Å². The van der Waals surface area contributed by atoms with Crippen molar-refractivity contribution in [3.63, 3.8) is 0 Å². The van der Waals surface area contributed by atoms with E-state index in [1.54, 1.807) is 24.3 Å². The summed E-state index contributed by atoms with van der Waals surface area (Å²) in [7, 11) is 1.56. The first kappa shape index (κ1) is 14.8. The zero-order valence-electron chi connectivity index (χ0n) is 11.6. The third kappa shape index (κ3) is 2.27. The van der Waals surface area contributed by atoms with Crippen LogP contribution in [0.15, 0.2) is 39.9 Å². The second-order valence-electron chi connectivity index (χ2n) is 4.78. The summed E-state index contributed by atoms with van der Waals surface area (Å²) in [4.78, 5) is 0. The van der Waals surface area contributed by atoms with Gasteiger partial charge in [0.15, 0.2) is 0 Å². The van der Waals surface area contributed by atoms with E-state index in [1.165, 1.54) is 23.5 Å². The molecule has 2 aliphatic heterocycles. The smallest absolute Gasteiger partial charge is 0.453 e. The molecule has 3 heterocycles. The van der Waals surface area contributed by atoms with Gasteiger partial charge in [-0.1, -0.05) is 23.9 Å². The zero-order chi connectivity index (χ0) is 16.2. The molecule has 1 atom stereocenters. The Kier molecular flexibility index (Phi) is 3.27. The molecular formula is C13H9F3N4OS2. The fraction of sp³-hybridized carbons (Fsp3) is 0.231. The lowest BCUT2D eigenvalue weighted by Gasteiger charge is -2.26. The predicted molar refractivity (Wildman–Crippen MR) is 80.5 cm³/mol. The number of rotatable bonds is 2. The van der Waals surface area contributed by atoms with E-state index in [0.29, 0.717) is 10.8 Å². The number of alkyl halides is 3. The van der Waals surface area contributed by atoms with Crippen molar-refractivity contribution in [2.24, 2.45) is 0 Å². The fourth-order valence-electron chi connectivity index (χ4n) is 2.41. The minimum atomic E-state index is -4.56. The second-order valence-corrected chi connectivity index (χ2v) is 6.72. The Morgan fingerprint density at radius 3 is 2.57 bits per heavy atom. The number of nitrogens with zero attached hydrogens (tertiary/aromatic N) is 4. The lowest BCUT2D eigenvalue weighted by molar-refractivity contribution is -0.147. The van der Waals surface area contributed by atoms with E-state index in [1.807, 2.05) is 17.5 Å². The lowest BCUT2D eigenvalue weighted by Crippen LogP contribution is -2.33. The monoisotopic (exact) mass is 358 g/mol. The number of aromatic nitrogens is 3. The number of hydrogen-bond acceptors (Lipinski definition) is 6. The highest BCUT2D eigenvalue weighted by atomic mass is 32.2. The Morgan fingerprint density at radius 2 is 1.91 bits per heavy atom. The summed E-state index contributed by atoms with van der Waals surface area (Å²) in [5.41, 5.74) is 0.873. The van der Waals surface area contributed by atoms with Crippen molar-refractivity contribution < 1.29 is 17.9 Å². The molecule has 0 N–H and O–H groups in total. The quantitative estimate of drug-likeness (QED) is 0.817. The summed E-state index contributed by atoms with van der Waals surface area (Å²) in [6.07, 6.45) is -4.56. The van der Waals surface area contributed by atoms with Crippen LogP contribution in [0.5, 0.6) is 5.75 Å². The van der Waals surface area contributed by atoms with E-state index in [2.05, 4.69) is 10.2 Å². The zero-order valence-corrected chi connectivity index (χ0v) is 13.2. The van der Waals surface area contributed by atoms with Crippen molar-refractivity contribution in [1.82, 2.24) is 14.9 Å². The molecule has 120 valence electrons. The Labute approximate surface area is 137 Å². The van der Waals surface area contributed by atoms with Gasteiger partial charge in [0.2, 0.25) is 5.16 Å². The topological polar surface area (TPSA) is 43.2 Å². The van der Waals surface area contributed by atoms with Crippen molar-refractivity contribution in [3.8, 4) is 5.75 Å². The number of fused-ring (bicyclic) bond motifs is 3. The van der Waals surface area contributed by atoms with Crippen molar-refractivity contribution in [3.05, 3.63) is 46.1 Å². The molecule has 0 unspecified atom stereocenters. The molecule has 23 heavy (non-hydrogen) atoms. The predicted octanol–water partition coefficient (Wildman–Crippen LogP) is 3.59. The average Bonchev–Trinajstić information content (AvgIpc) is 3.16. The summed E-state index contributed by atoms with van der Waals surface area (Å²) < 4.78 is 45.6. The van der Waals surface area contributed by atoms with Crippen molar-refractivity contribution in [2.75, 3.05) is 12.1 Å². The van der Waals surface area contributed by atoms with Gasteiger partial charge in [-0.3, -0.25) is 5.01 Å². The third-order valence-corrected chi connectivity index (χ3v) is 5.61. The number of methoxy groups -OCH3 is 1. The molecule has 0 aliphatic carbocycles. The number of halogens is 3. The Bertz CT molecular complexity index is 788. The fourth-order valence-corrected chi connectivity index (χ4v) is 4.63. The summed E-state index contributed by atoms with van der Waals surface area (Å²) in [5.74, 6) is -0.314. The van der Waals surface area contributed by atoms with Crippen LogP contribution in [0.3, 0.4) is 0 Å². The van der Waals surface area contributed by atoms with Gasteiger partial charge in [-0.15, -0.1) is 10.2 Å². The number of benzene rings is 1. The largest absolute Gasteiger partial charge is 0.497 e. The second kappa shape index (κ2) is 5.10. The molecule has 0 amide bonds. The molecule has 0 saturated heterocycles. The molecule has 2 aliphatic rings. The number of thioether (sulfide) groups is 2. The van der Waals surface area contributed by atoms with Gasteiger partial charge in [-0.05, 0) is 29.5 Å². The van der Waals surface area contributed by atoms with Crippen LogP contribution >= 0.6 is 23.5 Å². The SMILES string of the molecule is COc1ccc([C@H]2SC=C3Sc4nnc(C(F)(F)F)n4N32)cc1. The van der Waals surface area contributed by atoms with Crippen molar-refractivity contribution in [2.45, 2.75) is 16.7 Å². The van der Waals surface area contributed by atoms with Gasteiger partial charge < -0.3 is 4.74 Å². The minimum absolute atomic E-state index is 0.224. The molecule has 10 heteroatoms. The van der Waals surface area contributed by atoms with Gasteiger partial charge in [0, 0.05) is 5.41 Å². The highest BCUT2D eigenvalue weighted by Gasteiger charge is 2.46. The average molecular weight is 358 g/mol. The Balaban J connectivity index is 1.75. The first-order chi connectivity index (χ1) is 11.0. The maximum Gasteiger partial charge on any atom is 0.453 e. The first-order valence-corrected chi connectivity index (χ1v) is 8.24. The van der Waals surface area contributed by atoms with Crippen LogP contribution in [0.4, 0.5) is 13.2 Å². The molecule has 1 aromatic carbocycles. The molecule has 0 fully saturated rings. The number of hydrogen-bond donors (Lipinski definition) is 0. The number of ether oxygens (including phenoxy) is 1. The molecule has 0 bridgehead atoms. The van der Waals surface area contributed by atoms with Gasteiger partial charge in [-0.2, -0.15) is 13.2 Å². The molecule has 0 radical (unpaired) electrons. The molecule has 0 saturated carbocycles. The summed E-state index contributed by atoms with van der Waals surface area (Å²) in [5, 5.41) is 11.0. The maximum absolute atomic E-state index is 13.2. The van der Waals surface area contributed by atoms with E-state index >= 15 is 0 Å². The third-order valence-electron chi connectivity index (χ3n) is 3.42. The summed E-state index contributed by atoms with van der Waals surface area (Å²) in [6, 6.07) is 7.25. The highest BCUT2D eigenvalue weighted by Crippen LogP contribution is 2.52. The van der Waals surface area contributed by atoms with Gasteiger partial charge in [0.05, 0.1) is 7.11 Å². The van der Waals surface area contributed by atoms with E-state index in [9.17, 15) is 13.2 Å². The Hall–Kier alpha value is -1.81. The highest BCUT2D eigenvalue weighted by molar-refractivity contribution is 8.07. The molecule has 0 spiro atoms. The van der Waals surface area contributed by atoms with Crippen molar-refractivity contribution in [1.29, 1.82) is 0 Å². The molecule has 2 aromatic rings. The van der Waals surface area contributed by atoms with Crippen LogP contribution in [-0.4, -0.2) is 22.0 Å². The standard InChI is InChI=1S/C13H9F3N4OS2/c1-21-8-4-2-7(3-5-8)10-19-9(6-22-10)23-12-18-17-11(20(12)19)13(14,15)16/h2-6,10H,1H3/t10-/m1/s1. The first-order valence-electron chi connectivity index (χ1n) is 6.48. The van der Waals surface area contributed by atoms with Crippen molar-refractivity contribution >= 4 is 23.5 Å². The lowest BCUT2D eigenvalue weighted by atomic mass is 10.2. The van der Waals surface area contributed by atoms with E-state index in [0.717, 1.165) is 10.2 Å². The van der Waals surface area contributed by atoms with Crippen LogP contribution in [-0.2, 0) is 6.18 Å². The maximum atomic E-state index is 13.2. The molecule has 4 rings (SSSR count). The van der Waals surface area contributed by atoms with E-state index in [-0.39, 0.29) is 10.5 Å². The normalized spacial score (nSPS) is 19.6. The van der Waals surface area contributed by atoms with Gasteiger partial charge in [-0.25, -0.2) is 4.68 Å². The summed E-state index contributed by atoms with van der Waals surface area (Å²) >= 11 is 2.63. The van der Waals surface area contributed by atoms with Crippen LogP contribution in [0, 0.1) is 0 Å². The minimum Gasteiger partial charge on any atom is -0.497 e. The molecule has 5 nitrogen and oxygen atoms in total. The molecular weight excluding hydrogens is 349 g/mol. The van der Waals surface area contributed by atoms with Crippen LogP contribution in [0.25, 0.3) is 0 Å². The van der Waals surface area contributed by atoms with E-state index in [4.69, 9.17) is 4.74 Å². The Morgan fingerprint density at radius 1 is 1.17 bits per heavy atom. The van der Waals surface area contributed by atoms with Crippen LogP contribution < -0.4 is 9.75 Å². The van der Waals surface area contributed by atoms with Gasteiger partial charge in [0.25, 0.3) is 5.82 Å². The van der Waals surface area contributed by atoms with Gasteiger partial charge >= 0.3 is 6.18 Å². The van der Waals surface area contributed by atoms with Crippen LogP contribution in [0.1, 0.15) is 16.8 Å².